The third-order valence-corrected chi connectivity index (χ3v) is 5.69. The Balaban J connectivity index is 1.91. The number of likely N-dealkylation sites (N-methyl/N-ethyl adjacent to an activating group) is 1. The van der Waals surface area contributed by atoms with Crippen molar-refractivity contribution in [2.45, 2.75) is 39.7 Å². The number of hydrogen-bond acceptors (Lipinski definition) is 4. The summed E-state index contributed by atoms with van der Waals surface area (Å²) in [6, 6.07) is 11.0. The third kappa shape index (κ3) is 7.31. The van der Waals surface area contributed by atoms with Gasteiger partial charge in [0.15, 0.2) is 5.96 Å². The Labute approximate surface area is 167 Å². The molecule has 6 heteroatoms. The molecule has 0 bridgehead atoms. The van der Waals surface area contributed by atoms with E-state index in [0.29, 0.717) is 6.04 Å². The maximum absolute atomic E-state index is 4.82. The summed E-state index contributed by atoms with van der Waals surface area (Å²) in [7, 11) is 4.24. The van der Waals surface area contributed by atoms with Gasteiger partial charge in [0.2, 0.25) is 0 Å². The molecule has 5 nitrogen and oxygen atoms in total. The van der Waals surface area contributed by atoms with Crippen molar-refractivity contribution in [3.05, 3.63) is 51.5 Å². The van der Waals surface area contributed by atoms with Gasteiger partial charge in [-0.2, -0.15) is 0 Å². The smallest absolute Gasteiger partial charge is 0.191 e. The van der Waals surface area contributed by atoms with Crippen LogP contribution < -0.4 is 10.6 Å². The van der Waals surface area contributed by atoms with Gasteiger partial charge in [0.05, 0.1) is 17.2 Å². The van der Waals surface area contributed by atoms with Gasteiger partial charge in [-0.3, -0.25) is 4.99 Å². The fraction of sp³-hybridized carbons (Fsp3) is 0.524. The van der Waals surface area contributed by atoms with Crippen molar-refractivity contribution in [3.63, 3.8) is 0 Å². The summed E-state index contributed by atoms with van der Waals surface area (Å²) in [5.74, 6) is 0.877. The lowest BCUT2D eigenvalue weighted by Gasteiger charge is -2.23. The highest BCUT2D eigenvalue weighted by Gasteiger charge is 2.12. The molecule has 0 amide bonds. The Bertz CT molecular complexity index is 689. The number of hydrogen-bond donors (Lipinski definition) is 2. The molecule has 0 fully saturated rings. The number of nitrogens with zero attached hydrogens (tertiary/aromatic N) is 3. The Morgan fingerprint density at radius 3 is 2.52 bits per heavy atom. The van der Waals surface area contributed by atoms with Crippen molar-refractivity contribution in [1.29, 1.82) is 0 Å². The Morgan fingerprint density at radius 2 is 1.93 bits per heavy atom. The first-order valence-corrected chi connectivity index (χ1v) is 10.5. The van der Waals surface area contributed by atoms with E-state index in [1.165, 1.54) is 15.4 Å². The largest absolute Gasteiger partial charge is 0.357 e. The molecular formula is C21H33N5S. The number of thiazole rings is 1. The van der Waals surface area contributed by atoms with E-state index >= 15 is 0 Å². The van der Waals surface area contributed by atoms with Crippen molar-refractivity contribution in [2.75, 3.05) is 33.7 Å². The minimum absolute atomic E-state index is 0.368. The van der Waals surface area contributed by atoms with E-state index in [-0.39, 0.29) is 0 Å². The van der Waals surface area contributed by atoms with Crippen LogP contribution in [0, 0.1) is 13.8 Å². The minimum Gasteiger partial charge on any atom is -0.357 e. The molecule has 1 unspecified atom stereocenters. The van der Waals surface area contributed by atoms with Gasteiger partial charge in [-0.05, 0) is 46.9 Å². The fourth-order valence-corrected chi connectivity index (χ4v) is 3.70. The van der Waals surface area contributed by atoms with E-state index < -0.39 is 0 Å². The van der Waals surface area contributed by atoms with E-state index in [4.69, 9.17) is 4.99 Å². The SMILES string of the molecule is CCNC(=NCC(Cc1ccccc1)N(C)C)NCCc1nc(C)c(C)s1. The zero-order valence-corrected chi connectivity index (χ0v) is 18.1. The first-order valence-electron chi connectivity index (χ1n) is 9.65. The van der Waals surface area contributed by atoms with Gasteiger partial charge in [0, 0.05) is 30.4 Å². The topological polar surface area (TPSA) is 52.6 Å². The second kappa shape index (κ2) is 11.0. The Morgan fingerprint density at radius 1 is 1.19 bits per heavy atom. The van der Waals surface area contributed by atoms with Crippen LogP contribution in [0.5, 0.6) is 0 Å². The van der Waals surface area contributed by atoms with Crippen LogP contribution in [0.4, 0.5) is 0 Å². The standard InChI is InChI=1S/C21H33N5S/c1-6-22-21(23-13-12-20-25-16(2)17(3)27-20)24-15-19(26(4)5)14-18-10-8-7-9-11-18/h7-11,19H,6,12-15H2,1-5H3,(H2,22,23,24). The van der Waals surface area contributed by atoms with E-state index in [0.717, 1.165) is 44.1 Å². The van der Waals surface area contributed by atoms with Gasteiger partial charge in [0.25, 0.3) is 0 Å². The number of guanidine groups is 1. The van der Waals surface area contributed by atoms with Gasteiger partial charge < -0.3 is 15.5 Å². The highest BCUT2D eigenvalue weighted by atomic mass is 32.1. The molecule has 148 valence electrons. The molecule has 1 aromatic carbocycles. The molecule has 1 aromatic heterocycles. The van der Waals surface area contributed by atoms with Gasteiger partial charge in [-0.1, -0.05) is 30.3 Å². The predicted molar refractivity (Wildman–Crippen MR) is 117 cm³/mol. The summed E-state index contributed by atoms with van der Waals surface area (Å²) in [6.45, 7) is 8.74. The molecule has 0 aliphatic rings. The molecule has 0 saturated carbocycles. The van der Waals surface area contributed by atoms with E-state index in [1.54, 1.807) is 11.3 Å². The fourth-order valence-electron chi connectivity index (χ4n) is 2.77. The van der Waals surface area contributed by atoms with Crippen LogP contribution in [0.2, 0.25) is 0 Å². The van der Waals surface area contributed by atoms with E-state index in [2.05, 4.69) is 85.7 Å². The zero-order valence-electron chi connectivity index (χ0n) is 17.2. The van der Waals surface area contributed by atoms with Crippen LogP contribution >= 0.6 is 11.3 Å². The molecule has 1 atom stereocenters. The highest BCUT2D eigenvalue weighted by molar-refractivity contribution is 7.11. The van der Waals surface area contributed by atoms with Crippen LogP contribution in [0.1, 0.15) is 28.1 Å². The van der Waals surface area contributed by atoms with E-state index in [1.807, 2.05) is 0 Å². The maximum atomic E-state index is 4.82. The second-order valence-electron chi connectivity index (χ2n) is 6.95. The van der Waals surface area contributed by atoms with Crippen molar-refractivity contribution >= 4 is 17.3 Å². The van der Waals surface area contributed by atoms with Gasteiger partial charge in [0.1, 0.15) is 0 Å². The molecular weight excluding hydrogens is 354 g/mol. The summed E-state index contributed by atoms with van der Waals surface area (Å²) in [5.41, 5.74) is 2.49. The predicted octanol–water partition coefficient (Wildman–Crippen LogP) is 3.03. The Hall–Kier alpha value is -1.92. The van der Waals surface area contributed by atoms with Crippen LogP contribution in [-0.4, -0.2) is 55.6 Å². The normalized spacial score (nSPS) is 13.0. The van der Waals surface area contributed by atoms with Gasteiger partial charge >= 0.3 is 0 Å². The van der Waals surface area contributed by atoms with Gasteiger partial charge in [-0.25, -0.2) is 4.98 Å². The zero-order chi connectivity index (χ0) is 19.6. The Kier molecular flexibility index (Phi) is 8.75. The number of nitrogens with one attached hydrogen (secondary N) is 2. The summed E-state index contributed by atoms with van der Waals surface area (Å²) in [5, 5.41) is 7.97. The van der Waals surface area contributed by atoms with Crippen LogP contribution in [0.25, 0.3) is 0 Å². The van der Waals surface area contributed by atoms with Crippen molar-refractivity contribution in [1.82, 2.24) is 20.5 Å². The van der Waals surface area contributed by atoms with Gasteiger partial charge in [-0.15, -0.1) is 11.3 Å². The van der Waals surface area contributed by atoms with Crippen LogP contribution in [-0.2, 0) is 12.8 Å². The van der Waals surface area contributed by atoms with Crippen molar-refractivity contribution in [3.8, 4) is 0 Å². The molecule has 2 rings (SSSR count). The molecule has 0 radical (unpaired) electrons. The van der Waals surface area contributed by atoms with Crippen molar-refractivity contribution < 1.29 is 0 Å². The summed E-state index contributed by atoms with van der Waals surface area (Å²) in [4.78, 5) is 13.0. The molecule has 2 aromatic rings. The van der Waals surface area contributed by atoms with Crippen LogP contribution in [0.3, 0.4) is 0 Å². The maximum Gasteiger partial charge on any atom is 0.191 e. The second-order valence-corrected chi connectivity index (χ2v) is 8.24. The number of aromatic nitrogens is 1. The van der Waals surface area contributed by atoms with Crippen LogP contribution in [0.15, 0.2) is 35.3 Å². The molecule has 0 spiro atoms. The molecule has 0 aliphatic heterocycles. The number of aryl methyl sites for hydroxylation is 2. The molecule has 0 aliphatic carbocycles. The summed E-state index contributed by atoms with van der Waals surface area (Å²) < 4.78 is 0. The lowest BCUT2D eigenvalue weighted by molar-refractivity contribution is 0.298. The molecule has 2 N–H and O–H groups in total. The molecule has 1 heterocycles. The third-order valence-electron chi connectivity index (χ3n) is 4.55. The number of benzene rings is 1. The first kappa shape index (κ1) is 21.4. The quantitative estimate of drug-likeness (QED) is 0.513. The highest BCUT2D eigenvalue weighted by Crippen LogP contribution is 2.16. The van der Waals surface area contributed by atoms with E-state index in [9.17, 15) is 0 Å². The average Bonchev–Trinajstić information content (AvgIpc) is 2.96. The lowest BCUT2D eigenvalue weighted by atomic mass is 10.1. The number of aliphatic imine (C=N–C) groups is 1. The number of rotatable bonds is 9. The summed E-state index contributed by atoms with van der Waals surface area (Å²) in [6.07, 6.45) is 1.92. The van der Waals surface area contributed by atoms with Crippen molar-refractivity contribution in [2.24, 2.45) is 4.99 Å². The minimum atomic E-state index is 0.368. The summed E-state index contributed by atoms with van der Waals surface area (Å²) >= 11 is 1.78. The monoisotopic (exact) mass is 387 g/mol. The average molecular weight is 388 g/mol. The molecule has 0 saturated heterocycles. The lowest BCUT2D eigenvalue weighted by Crippen LogP contribution is -2.40. The molecule has 27 heavy (non-hydrogen) atoms. The first-order chi connectivity index (χ1) is 13.0.